The fourth-order valence-corrected chi connectivity index (χ4v) is 3.67. The van der Waals surface area contributed by atoms with Crippen molar-refractivity contribution in [3.8, 4) is 5.75 Å². The molecule has 2 aromatic carbocycles. The maximum atomic E-state index is 13.0. The molecule has 4 aromatic rings. The molecule has 6 nitrogen and oxygen atoms in total. The summed E-state index contributed by atoms with van der Waals surface area (Å²) in [5, 5.41) is 3.53. The van der Waals surface area contributed by atoms with Crippen LogP contribution in [0.5, 0.6) is 5.75 Å². The Balaban J connectivity index is 1.55. The van der Waals surface area contributed by atoms with Gasteiger partial charge in [0.2, 0.25) is 0 Å². The van der Waals surface area contributed by atoms with Crippen LogP contribution in [0.4, 0.5) is 0 Å². The number of nitrogens with one attached hydrogen (secondary N) is 2. The molecule has 4 rings (SSSR count). The third-order valence-electron chi connectivity index (χ3n) is 5.23. The first-order chi connectivity index (χ1) is 14.9. The molecule has 0 fully saturated rings. The minimum atomic E-state index is -0.296. The van der Waals surface area contributed by atoms with Crippen LogP contribution in [0, 0.1) is 20.8 Å². The zero-order chi connectivity index (χ0) is 22.0. The lowest BCUT2D eigenvalue weighted by Gasteiger charge is -2.09. The molecule has 0 unspecified atom stereocenters. The van der Waals surface area contributed by atoms with Gasteiger partial charge in [0.15, 0.2) is 0 Å². The Morgan fingerprint density at radius 3 is 2.58 bits per heavy atom. The number of carbonyl (C=O) groups excluding carboxylic acids is 1. The van der Waals surface area contributed by atoms with Gasteiger partial charge in [0.1, 0.15) is 23.7 Å². The van der Waals surface area contributed by atoms with Gasteiger partial charge in [-0.05, 0) is 56.2 Å². The Morgan fingerprint density at radius 1 is 1.06 bits per heavy atom. The van der Waals surface area contributed by atoms with Crippen molar-refractivity contribution >= 4 is 16.9 Å². The van der Waals surface area contributed by atoms with Gasteiger partial charge in [0.25, 0.3) is 11.5 Å². The van der Waals surface area contributed by atoms with E-state index in [2.05, 4.69) is 10.3 Å². The number of hydrogen-bond donors (Lipinski definition) is 2. The van der Waals surface area contributed by atoms with Crippen LogP contribution in [0.2, 0.25) is 0 Å². The van der Waals surface area contributed by atoms with E-state index in [1.165, 1.54) is 0 Å². The highest BCUT2D eigenvalue weighted by Crippen LogP contribution is 2.29. The van der Waals surface area contributed by atoms with Gasteiger partial charge in [-0.1, -0.05) is 30.3 Å². The van der Waals surface area contributed by atoms with Crippen LogP contribution in [0.3, 0.4) is 0 Å². The summed E-state index contributed by atoms with van der Waals surface area (Å²) < 4.78 is 11.7. The minimum absolute atomic E-state index is 0.136. The highest BCUT2D eigenvalue weighted by molar-refractivity contribution is 6.07. The van der Waals surface area contributed by atoms with E-state index in [0.717, 1.165) is 16.8 Å². The lowest BCUT2D eigenvalue weighted by atomic mass is 10.1. The largest absolute Gasteiger partial charge is 0.489 e. The van der Waals surface area contributed by atoms with Crippen LogP contribution >= 0.6 is 0 Å². The Morgan fingerprint density at radius 2 is 1.84 bits per heavy atom. The van der Waals surface area contributed by atoms with E-state index < -0.39 is 0 Å². The van der Waals surface area contributed by atoms with Gasteiger partial charge >= 0.3 is 0 Å². The van der Waals surface area contributed by atoms with E-state index in [1.807, 2.05) is 62.4 Å². The third-order valence-corrected chi connectivity index (χ3v) is 5.23. The molecule has 0 spiro atoms. The molecule has 0 saturated carbocycles. The number of hydrogen-bond acceptors (Lipinski definition) is 4. The molecule has 1 amide bonds. The number of furan rings is 1. The second kappa shape index (κ2) is 8.52. The van der Waals surface area contributed by atoms with E-state index in [9.17, 15) is 9.59 Å². The molecule has 0 atom stereocenters. The summed E-state index contributed by atoms with van der Waals surface area (Å²) in [4.78, 5) is 28.0. The van der Waals surface area contributed by atoms with E-state index in [4.69, 9.17) is 9.15 Å². The smallest absolute Gasteiger partial charge is 0.255 e. The molecule has 0 aliphatic heterocycles. The second-order valence-corrected chi connectivity index (χ2v) is 7.59. The van der Waals surface area contributed by atoms with E-state index in [0.29, 0.717) is 40.2 Å². The molecule has 6 heteroatoms. The first-order valence-electron chi connectivity index (χ1n) is 10.1. The van der Waals surface area contributed by atoms with Gasteiger partial charge in [-0.3, -0.25) is 9.59 Å². The Hall–Kier alpha value is -3.80. The van der Waals surface area contributed by atoms with Crippen LogP contribution in [-0.4, -0.2) is 10.9 Å². The maximum absolute atomic E-state index is 13.0. The molecule has 0 aliphatic rings. The van der Waals surface area contributed by atoms with Gasteiger partial charge in [0, 0.05) is 23.2 Å². The van der Waals surface area contributed by atoms with Crippen LogP contribution in [0.1, 0.15) is 38.5 Å². The van der Waals surface area contributed by atoms with E-state index in [-0.39, 0.29) is 18.0 Å². The van der Waals surface area contributed by atoms with Crippen molar-refractivity contribution in [1.82, 2.24) is 10.3 Å². The van der Waals surface area contributed by atoms with Crippen molar-refractivity contribution in [2.45, 2.75) is 33.9 Å². The summed E-state index contributed by atoms with van der Waals surface area (Å²) in [5.74, 6) is 0.870. The number of fused-ring (bicyclic) bond motifs is 1. The number of ether oxygens (including phenoxy) is 1. The Labute approximate surface area is 179 Å². The SMILES string of the molecule is Cc1cc(C)c(CNC(=O)c2c(C)oc3ccc(OCc4ccccc4)cc23)c(=O)[nH]1. The maximum Gasteiger partial charge on any atom is 0.255 e. The monoisotopic (exact) mass is 416 g/mol. The number of rotatable bonds is 6. The minimum Gasteiger partial charge on any atom is -0.489 e. The number of carbonyl (C=O) groups is 1. The molecular formula is C25H24N2O4. The molecular weight excluding hydrogens is 392 g/mol. The van der Waals surface area contributed by atoms with Gasteiger partial charge in [-0.2, -0.15) is 0 Å². The number of aromatic amines is 1. The molecule has 0 aliphatic carbocycles. The second-order valence-electron chi connectivity index (χ2n) is 7.59. The topological polar surface area (TPSA) is 84.3 Å². The average molecular weight is 416 g/mol. The van der Waals surface area contributed by atoms with Gasteiger partial charge in [-0.15, -0.1) is 0 Å². The van der Waals surface area contributed by atoms with Crippen LogP contribution in [0.15, 0.2) is 63.8 Å². The number of aromatic nitrogens is 1. The summed E-state index contributed by atoms with van der Waals surface area (Å²) >= 11 is 0. The fraction of sp³-hybridized carbons (Fsp3) is 0.200. The summed E-state index contributed by atoms with van der Waals surface area (Å²) in [6.45, 7) is 6.01. The number of pyridine rings is 1. The molecule has 2 N–H and O–H groups in total. The molecule has 0 saturated heterocycles. The fourth-order valence-electron chi connectivity index (χ4n) is 3.67. The third kappa shape index (κ3) is 4.38. The van der Waals surface area contributed by atoms with E-state index >= 15 is 0 Å². The van der Waals surface area contributed by atoms with Crippen molar-refractivity contribution < 1.29 is 13.9 Å². The lowest BCUT2D eigenvalue weighted by molar-refractivity contribution is 0.0950. The van der Waals surface area contributed by atoms with Gasteiger partial charge in [-0.25, -0.2) is 0 Å². The predicted octanol–water partition coefficient (Wildman–Crippen LogP) is 4.56. The van der Waals surface area contributed by atoms with Gasteiger partial charge in [0.05, 0.1) is 5.56 Å². The van der Waals surface area contributed by atoms with Crippen molar-refractivity contribution in [2.24, 2.45) is 0 Å². The Kier molecular flexibility index (Phi) is 5.62. The van der Waals surface area contributed by atoms with Crippen molar-refractivity contribution in [1.29, 1.82) is 0 Å². The molecule has 0 bridgehead atoms. The number of aryl methyl sites for hydroxylation is 3. The van der Waals surface area contributed by atoms with Crippen molar-refractivity contribution in [3.05, 3.63) is 98.7 Å². The molecule has 2 aromatic heterocycles. The number of amides is 1. The zero-order valence-electron chi connectivity index (χ0n) is 17.7. The van der Waals surface area contributed by atoms with Crippen molar-refractivity contribution in [2.75, 3.05) is 0 Å². The predicted molar refractivity (Wildman–Crippen MR) is 119 cm³/mol. The molecule has 2 heterocycles. The molecule has 0 radical (unpaired) electrons. The summed E-state index contributed by atoms with van der Waals surface area (Å²) in [5.41, 5.74) is 4.09. The number of H-pyrrole nitrogens is 1. The first-order valence-corrected chi connectivity index (χ1v) is 10.1. The lowest BCUT2D eigenvalue weighted by Crippen LogP contribution is -2.28. The van der Waals surface area contributed by atoms with Crippen LogP contribution in [-0.2, 0) is 13.2 Å². The van der Waals surface area contributed by atoms with Crippen LogP contribution < -0.4 is 15.6 Å². The molecule has 158 valence electrons. The highest BCUT2D eigenvalue weighted by atomic mass is 16.5. The highest BCUT2D eigenvalue weighted by Gasteiger charge is 2.19. The van der Waals surface area contributed by atoms with E-state index in [1.54, 1.807) is 13.0 Å². The zero-order valence-corrected chi connectivity index (χ0v) is 17.7. The summed E-state index contributed by atoms with van der Waals surface area (Å²) in [7, 11) is 0. The number of benzene rings is 2. The Bertz CT molecular complexity index is 1300. The average Bonchev–Trinajstić information content (AvgIpc) is 3.07. The normalized spacial score (nSPS) is 10.9. The molecule has 31 heavy (non-hydrogen) atoms. The standard InChI is InChI=1S/C25H24N2O4/c1-15-11-16(2)27-24(28)21(15)13-26-25(29)23-17(3)31-22-10-9-19(12-20(22)23)30-14-18-7-5-4-6-8-18/h4-12H,13-14H2,1-3H3,(H,26,29)(H,27,28). The summed E-state index contributed by atoms with van der Waals surface area (Å²) in [6.07, 6.45) is 0. The van der Waals surface area contributed by atoms with Gasteiger partial charge < -0.3 is 19.5 Å². The first kappa shape index (κ1) is 20.5. The quantitative estimate of drug-likeness (QED) is 0.483. The van der Waals surface area contributed by atoms with Crippen LogP contribution in [0.25, 0.3) is 11.0 Å². The van der Waals surface area contributed by atoms with Crippen molar-refractivity contribution in [3.63, 3.8) is 0 Å². The summed E-state index contributed by atoms with van der Waals surface area (Å²) in [6, 6.07) is 17.2.